The van der Waals surface area contributed by atoms with Crippen LogP contribution < -0.4 is 10.2 Å². The van der Waals surface area contributed by atoms with Gasteiger partial charge in [0.25, 0.3) is 5.91 Å². The highest BCUT2D eigenvalue weighted by atomic mass is 32.2. The van der Waals surface area contributed by atoms with Crippen molar-refractivity contribution >= 4 is 35.0 Å². The van der Waals surface area contributed by atoms with Gasteiger partial charge in [-0.1, -0.05) is 36.4 Å². The third-order valence-corrected chi connectivity index (χ3v) is 5.91. The van der Waals surface area contributed by atoms with E-state index in [4.69, 9.17) is 0 Å². The van der Waals surface area contributed by atoms with Crippen LogP contribution in [0.25, 0.3) is 0 Å². The molecule has 1 aliphatic rings. The average molecular weight is 406 g/mol. The number of amides is 2. The third-order valence-electron chi connectivity index (χ3n) is 4.70. The minimum Gasteiger partial charge on any atom is -0.322 e. The maximum atomic E-state index is 13.9. The molecular formula is C23H19FN2O2S. The highest BCUT2D eigenvalue weighted by Crippen LogP contribution is 2.42. The quantitative estimate of drug-likeness (QED) is 0.651. The van der Waals surface area contributed by atoms with Gasteiger partial charge in [-0.25, -0.2) is 4.39 Å². The van der Waals surface area contributed by atoms with E-state index in [1.54, 1.807) is 34.9 Å². The first-order valence-electron chi connectivity index (χ1n) is 9.19. The van der Waals surface area contributed by atoms with Gasteiger partial charge >= 0.3 is 0 Å². The van der Waals surface area contributed by atoms with E-state index in [0.29, 0.717) is 11.4 Å². The molecule has 6 heteroatoms. The normalized spacial score (nSPS) is 16.1. The van der Waals surface area contributed by atoms with Crippen molar-refractivity contribution in [3.63, 3.8) is 0 Å². The second-order valence-electron chi connectivity index (χ2n) is 6.83. The van der Waals surface area contributed by atoms with Gasteiger partial charge in [-0.05, 0) is 54.4 Å². The van der Waals surface area contributed by atoms with Gasteiger partial charge in [-0.2, -0.15) is 0 Å². The van der Waals surface area contributed by atoms with Crippen LogP contribution in [0.4, 0.5) is 15.8 Å². The molecule has 4 nitrogen and oxygen atoms in total. The van der Waals surface area contributed by atoms with Crippen LogP contribution in [-0.2, 0) is 4.79 Å². The summed E-state index contributed by atoms with van der Waals surface area (Å²) in [5.41, 5.74) is 3.38. The van der Waals surface area contributed by atoms with Gasteiger partial charge in [0.05, 0.1) is 11.3 Å². The Morgan fingerprint density at radius 2 is 1.86 bits per heavy atom. The molecule has 0 radical (unpaired) electrons. The number of nitrogens with one attached hydrogen (secondary N) is 1. The third kappa shape index (κ3) is 4.03. The molecule has 2 amide bonds. The molecule has 0 bridgehead atoms. The van der Waals surface area contributed by atoms with E-state index in [1.165, 1.54) is 12.1 Å². The van der Waals surface area contributed by atoms with Crippen LogP contribution in [0.1, 0.15) is 26.9 Å². The summed E-state index contributed by atoms with van der Waals surface area (Å²) in [5, 5.41) is 2.56. The van der Waals surface area contributed by atoms with E-state index < -0.39 is 11.7 Å². The van der Waals surface area contributed by atoms with E-state index in [9.17, 15) is 14.0 Å². The van der Waals surface area contributed by atoms with Gasteiger partial charge < -0.3 is 5.32 Å². The Morgan fingerprint density at radius 1 is 1.07 bits per heavy atom. The molecule has 0 aromatic heterocycles. The summed E-state index contributed by atoms with van der Waals surface area (Å²) in [6.07, 6.45) is 0. The predicted molar refractivity (Wildman–Crippen MR) is 115 cm³/mol. The van der Waals surface area contributed by atoms with Gasteiger partial charge in [-0.3, -0.25) is 14.5 Å². The Hall–Kier alpha value is -3.12. The molecule has 1 fully saturated rings. The first-order valence-corrected chi connectivity index (χ1v) is 10.2. The van der Waals surface area contributed by atoms with Gasteiger partial charge in [0, 0.05) is 11.4 Å². The van der Waals surface area contributed by atoms with Crippen LogP contribution >= 0.6 is 11.8 Å². The smallest absolute Gasteiger partial charge is 0.258 e. The molecule has 146 valence electrons. The highest BCUT2D eigenvalue weighted by molar-refractivity contribution is 8.00. The number of aryl methyl sites for hydroxylation is 1. The van der Waals surface area contributed by atoms with Crippen molar-refractivity contribution in [2.75, 3.05) is 16.0 Å². The second kappa shape index (κ2) is 8.09. The Bertz CT molecular complexity index is 1090. The number of thioether (sulfide) groups is 1. The molecular weight excluding hydrogens is 387 g/mol. The van der Waals surface area contributed by atoms with Crippen LogP contribution in [0, 0.1) is 12.7 Å². The fraction of sp³-hybridized carbons (Fsp3) is 0.130. The minimum absolute atomic E-state index is 0.00953. The zero-order valence-electron chi connectivity index (χ0n) is 15.8. The van der Waals surface area contributed by atoms with E-state index in [2.05, 4.69) is 5.32 Å². The van der Waals surface area contributed by atoms with Crippen LogP contribution in [0.2, 0.25) is 0 Å². The fourth-order valence-electron chi connectivity index (χ4n) is 3.34. The lowest BCUT2D eigenvalue weighted by Crippen LogP contribution is -2.27. The number of carbonyl (C=O) groups excluding carboxylic acids is 2. The molecule has 29 heavy (non-hydrogen) atoms. The molecule has 1 atom stereocenters. The SMILES string of the molecule is Cc1cccc(N2C(=O)CS[C@H]2c2cccc(NC(=O)c3ccccc3F)c2)c1. The lowest BCUT2D eigenvalue weighted by atomic mass is 10.1. The minimum atomic E-state index is -0.566. The number of rotatable bonds is 4. The van der Waals surface area contributed by atoms with Crippen LogP contribution in [0.15, 0.2) is 72.8 Å². The molecule has 1 aliphatic heterocycles. The van der Waals surface area contributed by atoms with Gasteiger partial charge in [0.1, 0.15) is 11.2 Å². The number of nitrogens with zero attached hydrogens (tertiary/aromatic N) is 1. The van der Waals surface area contributed by atoms with Crippen molar-refractivity contribution in [2.45, 2.75) is 12.3 Å². The topological polar surface area (TPSA) is 49.4 Å². The monoisotopic (exact) mass is 406 g/mol. The van der Waals surface area contributed by atoms with Crippen molar-refractivity contribution in [2.24, 2.45) is 0 Å². The van der Waals surface area contributed by atoms with Crippen molar-refractivity contribution in [3.8, 4) is 0 Å². The summed E-state index contributed by atoms with van der Waals surface area (Å²) in [6.45, 7) is 1.99. The van der Waals surface area contributed by atoms with Crippen LogP contribution in [0.5, 0.6) is 0 Å². The lowest BCUT2D eigenvalue weighted by Gasteiger charge is -2.25. The molecule has 1 N–H and O–H groups in total. The van der Waals surface area contributed by atoms with Crippen molar-refractivity contribution in [3.05, 3.63) is 95.3 Å². The second-order valence-corrected chi connectivity index (χ2v) is 7.89. The molecule has 0 saturated carbocycles. The molecule has 0 unspecified atom stereocenters. The van der Waals surface area contributed by atoms with Crippen molar-refractivity contribution in [1.82, 2.24) is 0 Å². The Morgan fingerprint density at radius 3 is 2.66 bits per heavy atom. The maximum absolute atomic E-state index is 13.9. The zero-order valence-corrected chi connectivity index (χ0v) is 16.6. The van der Waals surface area contributed by atoms with Crippen molar-refractivity contribution < 1.29 is 14.0 Å². The molecule has 4 rings (SSSR count). The number of hydrogen-bond donors (Lipinski definition) is 1. The van der Waals surface area contributed by atoms with Gasteiger partial charge in [0.2, 0.25) is 5.91 Å². The summed E-state index contributed by atoms with van der Waals surface area (Å²) >= 11 is 1.54. The molecule has 0 aliphatic carbocycles. The van der Waals surface area contributed by atoms with E-state index in [1.807, 2.05) is 49.4 Å². The fourth-order valence-corrected chi connectivity index (χ4v) is 4.51. The summed E-state index contributed by atoms with van der Waals surface area (Å²) in [5.74, 6) is -0.634. The Kier molecular flexibility index (Phi) is 5.36. The summed E-state index contributed by atoms with van der Waals surface area (Å²) in [4.78, 5) is 26.8. The lowest BCUT2D eigenvalue weighted by molar-refractivity contribution is -0.115. The van der Waals surface area contributed by atoms with E-state index in [0.717, 1.165) is 16.8 Å². The standard InChI is InChI=1S/C23H19FN2O2S/c1-15-6-4-9-18(12-15)26-21(27)14-29-23(26)16-7-5-8-17(13-16)25-22(28)19-10-2-3-11-20(19)24/h2-13,23H,14H2,1H3,(H,25,28)/t23-/m0/s1. The van der Waals surface area contributed by atoms with E-state index >= 15 is 0 Å². The maximum Gasteiger partial charge on any atom is 0.258 e. The molecule has 0 spiro atoms. The molecule has 3 aromatic carbocycles. The molecule has 1 heterocycles. The summed E-state index contributed by atoms with van der Waals surface area (Å²) < 4.78 is 13.9. The van der Waals surface area contributed by atoms with Gasteiger partial charge in [0.15, 0.2) is 0 Å². The Balaban J connectivity index is 1.60. The summed E-state index contributed by atoms with van der Waals surface area (Å²) in [6, 6.07) is 21.0. The Labute approximate surface area is 172 Å². The zero-order chi connectivity index (χ0) is 20.4. The first-order chi connectivity index (χ1) is 14.0. The number of benzene rings is 3. The average Bonchev–Trinajstić information content (AvgIpc) is 3.10. The predicted octanol–water partition coefficient (Wildman–Crippen LogP) is 5.17. The largest absolute Gasteiger partial charge is 0.322 e. The van der Waals surface area contributed by atoms with Gasteiger partial charge in [-0.15, -0.1) is 11.8 Å². The molecule has 1 saturated heterocycles. The van der Waals surface area contributed by atoms with Crippen LogP contribution in [-0.4, -0.2) is 17.6 Å². The number of carbonyl (C=O) groups is 2. The first kappa shape index (κ1) is 19.2. The summed E-state index contributed by atoms with van der Waals surface area (Å²) in [7, 11) is 0. The molecule has 3 aromatic rings. The number of hydrogen-bond acceptors (Lipinski definition) is 3. The number of halogens is 1. The highest BCUT2D eigenvalue weighted by Gasteiger charge is 2.34. The number of anilines is 2. The van der Waals surface area contributed by atoms with Crippen molar-refractivity contribution in [1.29, 1.82) is 0 Å². The van der Waals surface area contributed by atoms with E-state index in [-0.39, 0.29) is 16.8 Å². The van der Waals surface area contributed by atoms with Crippen LogP contribution in [0.3, 0.4) is 0 Å².